The maximum absolute atomic E-state index is 12.9. The quantitative estimate of drug-likeness (QED) is 0.864. The molecule has 0 atom stereocenters. The van der Waals surface area contributed by atoms with Crippen LogP contribution in [-0.2, 0) is 12.7 Å². The Labute approximate surface area is 124 Å². The molecule has 0 aliphatic rings. The van der Waals surface area contributed by atoms with Gasteiger partial charge in [-0.2, -0.15) is 13.2 Å². The number of hydrogen-bond donors (Lipinski definition) is 0. The van der Waals surface area contributed by atoms with Crippen LogP contribution in [0.25, 0.3) is 0 Å². The summed E-state index contributed by atoms with van der Waals surface area (Å²) >= 11 is 1.18. The molecule has 0 aliphatic carbocycles. The second-order valence-corrected chi connectivity index (χ2v) is 5.44. The minimum absolute atomic E-state index is 0.0722. The zero-order chi connectivity index (χ0) is 15.6. The number of alkyl halides is 3. The van der Waals surface area contributed by atoms with Gasteiger partial charge in [-0.25, -0.2) is 4.98 Å². The fourth-order valence-corrected chi connectivity index (χ4v) is 2.74. The third kappa shape index (κ3) is 3.41. The van der Waals surface area contributed by atoms with Crippen LogP contribution in [0.1, 0.15) is 26.5 Å². The predicted molar refractivity (Wildman–Crippen MR) is 74.1 cm³/mol. The van der Waals surface area contributed by atoms with E-state index < -0.39 is 11.7 Å². The van der Waals surface area contributed by atoms with Crippen molar-refractivity contribution in [3.63, 3.8) is 0 Å². The van der Waals surface area contributed by atoms with Gasteiger partial charge in [0.1, 0.15) is 4.88 Å². The average molecular weight is 314 g/mol. The summed E-state index contributed by atoms with van der Waals surface area (Å²) in [5.74, 6) is -0.327. The van der Waals surface area contributed by atoms with Gasteiger partial charge in [0.25, 0.3) is 5.91 Å². The van der Waals surface area contributed by atoms with Crippen molar-refractivity contribution in [2.24, 2.45) is 0 Å². The van der Waals surface area contributed by atoms with Crippen LogP contribution >= 0.6 is 11.3 Å². The first-order valence-corrected chi connectivity index (χ1v) is 6.99. The largest absolute Gasteiger partial charge is 0.416 e. The number of aryl methyl sites for hydroxylation is 1. The minimum Gasteiger partial charge on any atom is -0.337 e. The lowest BCUT2D eigenvalue weighted by Crippen LogP contribution is -2.27. The van der Waals surface area contributed by atoms with E-state index in [0.29, 0.717) is 10.6 Å². The third-order valence-corrected chi connectivity index (χ3v) is 3.93. The van der Waals surface area contributed by atoms with Crippen LogP contribution in [0.4, 0.5) is 13.2 Å². The molecule has 7 heteroatoms. The summed E-state index contributed by atoms with van der Waals surface area (Å²) in [4.78, 5) is 17.9. The molecule has 0 fully saturated rings. The number of nitrogens with zero attached hydrogens (tertiary/aromatic N) is 2. The van der Waals surface area contributed by atoms with Gasteiger partial charge in [0.2, 0.25) is 0 Å². The summed E-state index contributed by atoms with van der Waals surface area (Å²) < 4.78 is 38.8. The van der Waals surface area contributed by atoms with Crippen LogP contribution in [0, 0.1) is 6.92 Å². The molecule has 0 unspecified atom stereocenters. The standard InChI is InChI=1S/C14H13F3N2OS/c1-9-12(21-8-18-9)13(20)19(2)7-10-5-3-4-6-11(10)14(15,16)17/h3-6,8H,7H2,1-2H3. The monoisotopic (exact) mass is 314 g/mol. The summed E-state index contributed by atoms with van der Waals surface area (Å²) in [7, 11) is 1.48. The summed E-state index contributed by atoms with van der Waals surface area (Å²) in [5, 5.41) is 0. The topological polar surface area (TPSA) is 33.2 Å². The van der Waals surface area contributed by atoms with Gasteiger partial charge in [0.05, 0.1) is 16.8 Å². The van der Waals surface area contributed by atoms with Crippen LogP contribution < -0.4 is 0 Å². The molecule has 0 aliphatic heterocycles. The summed E-state index contributed by atoms with van der Waals surface area (Å²) in [5.41, 5.74) is 1.48. The van der Waals surface area contributed by atoms with Crippen molar-refractivity contribution >= 4 is 17.2 Å². The number of amides is 1. The van der Waals surface area contributed by atoms with E-state index in [1.165, 1.54) is 41.5 Å². The van der Waals surface area contributed by atoms with Crippen molar-refractivity contribution in [1.29, 1.82) is 0 Å². The van der Waals surface area contributed by atoms with E-state index >= 15 is 0 Å². The van der Waals surface area contributed by atoms with Crippen LogP contribution in [0.3, 0.4) is 0 Å². The average Bonchev–Trinajstić information content (AvgIpc) is 2.83. The highest BCUT2D eigenvalue weighted by atomic mass is 32.1. The first-order chi connectivity index (χ1) is 9.80. The number of hydrogen-bond acceptors (Lipinski definition) is 3. The van der Waals surface area contributed by atoms with Gasteiger partial charge in [-0.3, -0.25) is 4.79 Å². The zero-order valence-electron chi connectivity index (χ0n) is 11.4. The van der Waals surface area contributed by atoms with Gasteiger partial charge in [-0.05, 0) is 18.6 Å². The molecule has 1 heterocycles. The third-order valence-electron chi connectivity index (χ3n) is 3.02. The molecule has 0 saturated carbocycles. The van der Waals surface area contributed by atoms with Gasteiger partial charge < -0.3 is 4.90 Å². The van der Waals surface area contributed by atoms with Gasteiger partial charge >= 0.3 is 6.18 Å². The molecule has 1 amide bonds. The molecule has 2 rings (SSSR count). The van der Waals surface area contributed by atoms with Crippen LogP contribution in [-0.4, -0.2) is 22.8 Å². The Hall–Kier alpha value is -1.89. The maximum atomic E-state index is 12.9. The molecule has 0 bridgehead atoms. The Morgan fingerprint density at radius 2 is 2.00 bits per heavy atom. The molecule has 0 saturated heterocycles. The second kappa shape index (κ2) is 5.85. The molecular formula is C14H13F3N2OS. The molecule has 3 nitrogen and oxygen atoms in total. The summed E-state index contributed by atoms with van der Waals surface area (Å²) in [6.07, 6.45) is -4.43. The lowest BCUT2D eigenvalue weighted by Gasteiger charge is -2.19. The molecule has 1 aromatic heterocycles. The highest BCUT2D eigenvalue weighted by Gasteiger charge is 2.33. The Balaban J connectivity index is 2.23. The van der Waals surface area contributed by atoms with Gasteiger partial charge in [0, 0.05) is 13.6 Å². The van der Waals surface area contributed by atoms with Gasteiger partial charge in [-0.15, -0.1) is 11.3 Å². The summed E-state index contributed by atoms with van der Waals surface area (Å²) in [6, 6.07) is 5.26. The van der Waals surface area contributed by atoms with E-state index in [4.69, 9.17) is 0 Å². The minimum atomic E-state index is -4.43. The van der Waals surface area contributed by atoms with E-state index in [1.807, 2.05) is 0 Å². The Kier molecular flexibility index (Phi) is 4.32. The van der Waals surface area contributed by atoms with Gasteiger partial charge in [-0.1, -0.05) is 18.2 Å². The predicted octanol–water partition coefficient (Wildman–Crippen LogP) is 3.74. The van der Waals surface area contributed by atoms with Crippen molar-refractivity contribution in [3.8, 4) is 0 Å². The van der Waals surface area contributed by atoms with E-state index in [0.717, 1.165) is 6.07 Å². The Morgan fingerprint density at radius 1 is 1.33 bits per heavy atom. The number of thiazole rings is 1. The van der Waals surface area contributed by atoms with Crippen molar-refractivity contribution in [2.75, 3.05) is 7.05 Å². The highest BCUT2D eigenvalue weighted by Crippen LogP contribution is 2.32. The molecular weight excluding hydrogens is 301 g/mol. The molecule has 112 valence electrons. The number of aromatic nitrogens is 1. The van der Waals surface area contributed by atoms with Crippen molar-refractivity contribution < 1.29 is 18.0 Å². The van der Waals surface area contributed by atoms with Crippen molar-refractivity contribution in [2.45, 2.75) is 19.6 Å². The fourth-order valence-electron chi connectivity index (χ4n) is 1.94. The zero-order valence-corrected chi connectivity index (χ0v) is 12.3. The number of carbonyl (C=O) groups excluding carboxylic acids is 1. The van der Waals surface area contributed by atoms with Crippen LogP contribution in [0.5, 0.6) is 0 Å². The first-order valence-electron chi connectivity index (χ1n) is 6.11. The molecule has 21 heavy (non-hydrogen) atoms. The van der Waals surface area contributed by atoms with Crippen LogP contribution in [0.15, 0.2) is 29.8 Å². The molecule has 0 N–H and O–H groups in total. The lowest BCUT2D eigenvalue weighted by atomic mass is 10.1. The van der Waals surface area contributed by atoms with Crippen molar-refractivity contribution in [1.82, 2.24) is 9.88 Å². The number of rotatable bonds is 3. The van der Waals surface area contributed by atoms with Crippen molar-refractivity contribution in [3.05, 3.63) is 51.5 Å². The van der Waals surface area contributed by atoms with E-state index in [2.05, 4.69) is 4.98 Å². The first kappa shape index (κ1) is 15.5. The Bertz CT molecular complexity index is 652. The number of halogens is 3. The SMILES string of the molecule is Cc1ncsc1C(=O)N(C)Cc1ccccc1C(F)(F)F. The molecule has 2 aromatic rings. The second-order valence-electron chi connectivity index (χ2n) is 4.58. The smallest absolute Gasteiger partial charge is 0.337 e. The molecule has 0 radical (unpaired) electrons. The normalized spacial score (nSPS) is 11.5. The van der Waals surface area contributed by atoms with E-state index in [1.54, 1.807) is 12.4 Å². The fraction of sp³-hybridized carbons (Fsp3) is 0.286. The Morgan fingerprint density at radius 3 is 2.57 bits per heavy atom. The maximum Gasteiger partial charge on any atom is 0.416 e. The van der Waals surface area contributed by atoms with E-state index in [-0.39, 0.29) is 18.0 Å². The van der Waals surface area contributed by atoms with Gasteiger partial charge in [0.15, 0.2) is 0 Å². The van der Waals surface area contributed by atoms with E-state index in [9.17, 15) is 18.0 Å². The summed E-state index contributed by atoms with van der Waals surface area (Å²) in [6.45, 7) is 1.59. The molecule has 1 aromatic carbocycles. The lowest BCUT2D eigenvalue weighted by molar-refractivity contribution is -0.138. The molecule has 0 spiro atoms. The number of carbonyl (C=O) groups is 1. The van der Waals surface area contributed by atoms with Crippen LogP contribution in [0.2, 0.25) is 0 Å². The number of benzene rings is 1. The highest BCUT2D eigenvalue weighted by molar-refractivity contribution is 7.11.